The molecule has 10 nitrogen and oxygen atoms in total. The molecular formula is C37H44N8O2S. The average Bonchev–Trinajstić information content (AvgIpc) is 3.76. The van der Waals surface area contributed by atoms with E-state index in [9.17, 15) is 0 Å². The fourth-order valence-corrected chi connectivity index (χ4v) is 6.56. The second kappa shape index (κ2) is 14.1. The highest BCUT2D eigenvalue weighted by Crippen LogP contribution is 2.41. The Labute approximate surface area is 285 Å². The molecule has 0 aliphatic heterocycles. The maximum absolute atomic E-state index is 6.73. The lowest BCUT2D eigenvalue weighted by atomic mass is 9.91. The highest BCUT2D eigenvalue weighted by atomic mass is 32.1. The molecule has 0 spiro atoms. The van der Waals surface area contributed by atoms with Gasteiger partial charge in [0.05, 0.1) is 28.6 Å². The fourth-order valence-electron chi connectivity index (χ4n) is 5.49. The smallest absolute Gasteiger partial charge is 0.325 e. The van der Waals surface area contributed by atoms with Gasteiger partial charge in [-0.25, -0.2) is 0 Å². The van der Waals surface area contributed by atoms with Crippen LogP contribution in [0, 0.1) is 0 Å². The van der Waals surface area contributed by atoms with Crippen LogP contribution in [0.2, 0.25) is 0 Å². The molecule has 0 unspecified atom stereocenters. The van der Waals surface area contributed by atoms with Gasteiger partial charge in [0.1, 0.15) is 17.0 Å². The zero-order chi connectivity index (χ0) is 33.8. The van der Waals surface area contributed by atoms with Gasteiger partial charge in [-0.3, -0.25) is 4.99 Å². The van der Waals surface area contributed by atoms with Gasteiger partial charge >= 0.3 is 6.01 Å². The zero-order valence-corrected chi connectivity index (χ0v) is 29.4. The van der Waals surface area contributed by atoms with E-state index >= 15 is 0 Å². The van der Waals surface area contributed by atoms with E-state index < -0.39 is 0 Å². The molecule has 2 N–H and O–H groups in total. The van der Waals surface area contributed by atoms with E-state index in [-0.39, 0.29) is 17.5 Å². The number of anilines is 1. The van der Waals surface area contributed by atoms with E-state index in [1.54, 1.807) is 11.3 Å². The number of hydrogen-bond donors (Lipinski definition) is 1. The van der Waals surface area contributed by atoms with Gasteiger partial charge in [0, 0.05) is 18.0 Å². The summed E-state index contributed by atoms with van der Waals surface area (Å²) in [6, 6.07) is 22.5. The number of thiazole rings is 1. The number of unbranched alkanes of at least 4 members (excludes halogenated alkanes) is 1. The van der Waals surface area contributed by atoms with Gasteiger partial charge in [0.15, 0.2) is 21.9 Å². The van der Waals surface area contributed by atoms with Crippen LogP contribution in [0.1, 0.15) is 78.5 Å². The molecule has 0 bridgehead atoms. The molecule has 6 rings (SSSR count). The number of nitrogen functional groups attached to an aromatic ring is 1. The third kappa shape index (κ3) is 6.92. The van der Waals surface area contributed by atoms with Gasteiger partial charge in [-0.1, -0.05) is 102 Å². The highest BCUT2D eigenvalue weighted by Gasteiger charge is 2.28. The van der Waals surface area contributed by atoms with Crippen molar-refractivity contribution >= 4 is 49.8 Å². The van der Waals surface area contributed by atoms with Crippen LogP contribution in [0.15, 0.2) is 86.4 Å². The number of hydrogen-bond acceptors (Lipinski definition) is 9. The molecule has 0 radical (unpaired) electrons. The molecule has 0 amide bonds. The van der Waals surface area contributed by atoms with Gasteiger partial charge in [-0.15, -0.1) is 10.2 Å². The number of fused-ring (bicyclic) bond motifs is 2. The Balaban J connectivity index is 1.49. The van der Waals surface area contributed by atoms with Crippen molar-refractivity contribution in [3.63, 3.8) is 0 Å². The first-order valence-corrected chi connectivity index (χ1v) is 17.6. The quantitative estimate of drug-likeness (QED) is 0.103. The summed E-state index contributed by atoms with van der Waals surface area (Å²) in [5, 5.41) is 14.4. The van der Waals surface area contributed by atoms with Crippen molar-refractivity contribution in [1.29, 1.82) is 0 Å². The predicted molar refractivity (Wildman–Crippen MR) is 194 cm³/mol. The minimum absolute atomic E-state index is 0.0310. The third-order valence-corrected chi connectivity index (χ3v) is 9.32. The number of para-hydroxylation sites is 2. The van der Waals surface area contributed by atoms with Crippen molar-refractivity contribution in [2.75, 3.05) is 12.3 Å². The van der Waals surface area contributed by atoms with Crippen molar-refractivity contribution < 1.29 is 9.15 Å². The summed E-state index contributed by atoms with van der Waals surface area (Å²) >= 11 is 1.66. The van der Waals surface area contributed by atoms with Crippen molar-refractivity contribution in [2.45, 2.75) is 85.3 Å². The normalized spacial score (nSPS) is 12.8. The summed E-state index contributed by atoms with van der Waals surface area (Å²) in [5.41, 5.74) is 11.8. The van der Waals surface area contributed by atoms with Gasteiger partial charge in [-0.05, 0) is 43.0 Å². The van der Waals surface area contributed by atoms with Crippen LogP contribution in [-0.2, 0) is 12.0 Å². The topological polar surface area (TPSA) is 121 Å². The minimum Gasteiger partial charge on any atom is -0.488 e. The molecular weight excluding hydrogens is 621 g/mol. The van der Waals surface area contributed by atoms with E-state index in [0.29, 0.717) is 40.8 Å². The summed E-state index contributed by atoms with van der Waals surface area (Å²) in [7, 11) is 0. The predicted octanol–water partition coefficient (Wildman–Crippen LogP) is 9.64. The summed E-state index contributed by atoms with van der Waals surface area (Å²) in [4.78, 5) is 10.6. The maximum atomic E-state index is 6.73. The third-order valence-electron chi connectivity index (χ3n) is 8.24. The van der Waals surface area contributed by atoms with E-state index in [4.69, 9.17) is 35.2 Å². The standard InChI is InChI=1S/C37H44N8O2S/c1-7-10-20-39-36-44(23-24-16-12-11-13-17-24)28-22-30(46-25(8-2)9-3)27(21-31(28)48-36)41-42-32-33(37(4,5)6)43-45(34(32)38)35-40-26-18-14-15-19-29(26)47-35/h11-19,21-22,25H,7-10,20,23,38H2,1-6H3. The monoisotopic (exact) mass is 664 g/mol. The SMILES string of the molecule is CCCCN=c1sc2cc(N=Nc3c(C(C)(C)C)nn(-c4nc5ccccc5o4)c3N)c(OC(CC)CC)cc2n1Cc1ccccc1. The molecule has 48 heavy (non-hydrogen) atoms. The first-order valence-electron chi connectivity index (χ1n) is 16.7. The average molecular weight is 665 g/mol. The van der Waals surface area contributed by atoms with Crippen molar-refractivity contribution in [3.05, 3.63) is 82.8 Å². The Kier molecular flexibility index (Phi) is 9.77. The molecule has 11 heteroatoms. The Morgan fingerprint density at radius 1 is 0.979 bits per heavy atom. The van der Waals surface area contributed by atoms with E-state index in [1.165, 1.54) is 10.2 Å². The van der Waals surface area contributed by atoms with Crippen molar-refractivity contribution in [3.8, 4) is 11.8 Å². The number of aromatic nitrogens is 4. The molecule has 0 saturated carbocycles. The summed E-state index contributed by atoms with van der Waals surface area (Å²) < 4.78 is 17.5. The summed E-state index contributed by atoms with van der Waals surface area (Å²) in [5.74, 6) is 0.967. The van der Waals surface area contributed by atoms with Gasteiger partial charge < -0.3 is 19.5 Å². The van der Waals surface area contributed by atoms with Crippen LogP contribution in [0.3, 0.4) is 0 Å². The second-order valence-electron chi connectivity index (χ2n) is 12.9. The maximum Gasteiger partial charge on any atom is 0.325 e. The van der Waals surface area contributed by atoms with Crippen LogP contribution >= 0.6 is 11.3 Å². The molecule has 250 valence electrons. The number of oxazole rings is 1. The number of ether oxygens (including phenoxy) is 1. The molecule has 6 aromatic rings. The van der Waals surface area contributed by atoms with Crippen molar-refractivity contribution in [2.24, 2.45) is 15.2 Å². The Bertz CT molecular complexity index is 2080. The number of rotatable bonds is 12. The Morgan fingerprint density at radius 2 is 1.73 bits per heavy atom. The largest absolute Gasteiger partial charge is 0.488 e. The molecule has 0 saturated heterocycles. The lowest BCUT2D eigenvalue weighted by Crippen LogP contribution is -2.17. The van der Waals surface area contributed by atoms with Crippen molar-refractivity contribution in [1.82, 2.24) is 19.3 Å². The highest BCUT2D eigenvalue weighted by molar-refractivity contribution is 7.16. The summed E-state index contributed by atoms with van der Waals surface area (Å²) in [6.45, 7) is 14.1. The van der Waals surface area contributed by atoms with Gasteiger partial charge in [-0.2, -0.15) is 14.8 Å². The lowest BCUT2D eigenvalue weighted by Gasteiger charge is -2.17. The van der Waals surface area contributed by atoms with Crippen LogP contribution in [0.25, 0.3) is 27.3 Å². The molecule has 3 aromatic carbocycles. The van der Waals surface area contributed by atoms with Gasteiger partial charge in [0.2, 0.25) is 0 Å². The Morgan fingerprint density at radius 3 is 2.44 bits per heavy atom. The van der Waals surface area contributed by atoms with Crippen LogP contribution in [0.4, 0.5) is 17.2 Å². The number of nitrogens with two attached hydrogens (primary N) is 1. The molecule has 0 fully saturated rings. The van der Waals surface area contributed by atoms with E-state index in [1.807, 2.05) is 30.3 Å². The van der Waals surface area contributed by atoms with Gasteiger partial charge in [0.25, 0.3) is 0 Å². The molecule has 0 aliphatic rings. The fraction of sp³-hybridized carbons (Fsp3) is 0.378. The molecule has 3 heterocycles. The molecule has 3 aromatic heterocycles. The number of azo groups is 1. The second-order valence-corrected chi connectivity index (χ2v) is 14.0. The Hall–Kier alpha value is -4.77. The number of benzene rings is 3. The first-order chi connectivity index (χ1) is 23.2. The number of nitrogens with zero attached hydrogens (tertiary/aromatic N) is 7. The minimum atomic E-state index is -0.385. The first kappa shape index (κ1) is 33.1. The molecule has 0 aliphatic carbocycles. The summed E-state index contributed by atoms with van der Waals surface area (Å²) in [6.07, 6.45) is 3.90. The van der Waals surface area contributed by atoms with Crippen LogP contribution < -0.4 is 15.3 Å². The van der Waals surface area contributed by atoms with E-state index in [2.05, 4.69) is 87.5 Å². The molecule has 0 atom stereocenters. The zero-order valence-electron chi connectivity index (χ0n) is 28.6. The lowest BCUT2D eigenvalue weighted by molar-refractivity contribution is 0.194. The van der Waals surface area contributed by atoms with Crippen LogP contribution in [0.5, 0.6) is 5.75 Å². The van der Waals surface area contributed by atoms with Crippen LogP contribution in [-0.4, -0.2) is 32.0 Å². The van der Waals surface area contributed by atoms with E-state index in [0.717, 1.165) is 52.8 Å².